The lowest BCUT2D eigenvalue weighted by Gasteiger charge is -2.16. The Morgan fingerprint density at radius 1 is 1.33 bits per heavy atom. The maximum Gasteiger partial charge on any atom is 0.235 e. The molecule has 0 fully saturated rings. The second-order valence-electron chi connectivity index (χ2n) is 5.01. The third-order valence-corrected chi connectivity index (χ3v) is 4.16. The normalized spacial score (nSPS) is 13.8. The summed E-state index contributed by atoms with van der Waals surface area (Å²) in [6.45, 7) is 2.13. The minimum atomic E-state index is 0.0703. The fourth-order valence-corrected chi connectivity index (χ4v) is 3.26. The van der Waals surface area contributed by atoms with E-state index in [0.29, 0.717) is 13.0 Å². The number of carbonyl (C=O) groups is 1. The highest BCUT2D eigenvalue weighted by molar-refractivity contribution is 9.10. The largest absolute Gasteiger partial charge is 0.493 e. The summed E-state index contributed by atoms with van der Waals surface area (Å²) < 4.78 is 8.21. The number of hydrogen-bond acceptors (Lipinski definition) is 3. The molecule has 21 heavy (non-hydrogen) atoms. The van der Waals surface area contributed by atoms with Crippen LogP contribution in [-0.4, -0.2) is 23.6 Å². The van der Waals surface area contributed by atoms with E-state index in [0.717, 1.165) is 35.6 Å². The average molecular weight is 349 g/mol. The molecule has 1 N–H and O–H groups in total. The third-order valence-electron chi connectivity index (χ3n) is 3.58. The number of aromatic nitrogens is 1. The summed E-state index contributed by atoms with van der Waals surface area (Å²) in [5.41, 5.74) is 2.32. The van der Waals surface area contributed by atoms with Gasteiger partial charge in [0.1, 0.15) is 5.75 Å². The predicted octanol–water partition coefficient (Wildman–Crippen LogP) is 3.01. The van der Waals surface area contributed by atoms with Gasteiger partial charge in [0.05, 0.1) is 17.6 Å². The first-order chi connectivity index (χ1) is 10.3. The van der Waals surface area contributed by atoms with E-state index in [1.165, 1.54) is 5.56 Å². The van der Waals surface area contributed by atoms with Crippen molar-refractivity contribution in [3.05, 3.63) is 52.3 Å². The lowest BCUT2D eigenvalue weighted by atomic mass is 10.1. The number of carbonyl (C=O) groups excluding carboxylic acids is 1. The minimum Gasteiger partial charge on any atom is -0.493 e. The van der Waals surface area contributed by atoms with Crippen LogP contribution < -0.4 is 10.1 Å². The highest BCUT2D eigenvalue weighted by atomic mass is 79.9. The zero-order valence-corrected chi connectivity index (χ0v) is 13.2. The van der Waals surface area contributed by atoms with Gasteiger partial charge in [-0.15, -0.1) is 0 Å². The Hall–Kier alpha value is -1.59. The van der Waals surface area contributed by atoms with Gasteiger partial charge in [0.2, 0.25) is 5.91 Å². The Morgan fingerprint density at radius 3 is 2.95 bits per heavy atom. The van der Waals surface area contributed by atoms with Gasteiger partial charge in [-0.3, -0.25) is 9.36 Å². The maximum absolute atomic E-state index is 12.4. The monoisotopic (exact) mass is 348 g/mol. The molecule has 110 valence electrons. The number of rotatable bonds is 4. The summed E-state index contributed by atoms with van der Waals surface area (Å²) in [7, 11) is 0. The topological polar surface area (TPSA) is 43.3 Å². The number of ether oxygens (including phenoxy) is 1. The molecule has 0 aliphatic carbocycles. The summed E-state index contributed by atoms with van der Waals surface area (Å²) in [5, 5.41) is 3.31. The van der Waals surface area contributed by atoms with Crippen LogP contribution in [0.4, 0.5) is 0 Å². The van der Waals surface area contributed by atoms with Crippen molar-refractivity contribution in [2.45, 2.75) is 19.4 Å². The van der Waals surface area contributed by atoms with Crippen LogP contribution in [0.15, 0.2) is 41.0 Å². The molecule has 5 heteroatoms. The van der Waals surface area contributed by atoms with Crippen LogP contribution >= 0.6 is 15.9 Å². The van der Waals surface area contributed by atoms with Gasteiger partial charge in [-0.05, 0) is 39.7 Å². The Labute approximate surface area is 132 Å². The Morgan fingerprint density at radius 2 is 2.14 bits per heavy atom. The lowest BCUT2D eigenvalue weighted by molar-refractivity contribution is 0.0875. The molecule has 0 unspecified atom stereocenters. The number of benzene rings is 1. The molecule has 1 aliphatic rings. The molecule has 0 radical (unpaired) electrons. The molecule has 4 nitrogen and oxygen atoms in total. The molecule has 0 saturated heterocycles. The highest BCUT2D eigenvalue weighted by Gasteiger charge is 2.20. The number of halogens is 1. The van der Waals surface area contributed by atoms with Crippen molar-refractivity contribution in [2.24, 2.45) is 0 Å². The summed E-state index contributed by atoms with van der Waals surface area (Å²) in [6, 6.07) is 11.6. The second-order valence-corrected chi connectivity index (χ2v) is 5.82. The molecule has 0 spiro atoms. The van der Waals surface area contributed by atoms with E-state index < -0.39 is 0 Å². The Balaban J connectivity index is 1.64. The van der Waals surface area contributed by atoms with Gasteiger partial charge in [0.25, 0.3) is 0 Å². The van der Waals surface area contributed by atoms with Gasteiger partial charge >= 0.3 is 0 Å². The van der Waals surface area contributed by atoms with Crippen LogP contribution in [0.3, 0.4) is 0 Å². The van der Waals surface area contributed by atoms with Gasteiger partial charge in [-0.2, -0.15) is 0 Å². The smallest absolute Gasteiger partial charge is 0.235 e. The lowest BCUT2D eigenvalue weighted by Crippen LogP contribution is -2.26. The van der Waals surface area contributed by atoms with E-state index in [-0.39, 0.29) is 5.91 Å². The molecule has 0 bridgehead atoms. The van der Waals surface area contributed by atoms with Gasteiger partial charge in [-0.1, -0.05) is 18.2 Å². The predicted molar refractivity (Wildman–Crippen MR) is 84.7 cm³/mol. The van der Waals surface area contributed by atoms with Crippen LogP contribution in [-0.2, 0) is 13.0 Å². The zero-order valence-electron chi connectivity index (χ0n) is 11.6. The molecule has 1 aromatic heterocycles. The fraction of sp³-hybridized carbons (Fsp3) is 0.312. The van der Waals surface area contributed by atoms with Crippen molar-refractivity contribution in [3.8, 4) is 5.75 Å². The van der Waals surface area contributed by atoms with Crippen molar-refractivity contribution in [3.63, 3.8) is 0 Å². The number of nitrogens with one attached hydrogen (secondary N) is 1. The van der Waals surface area contributed by atoms with Gasteiger partial charge in [0.15, 0.2) is 0 Å². The zero-order chi connectivity index (χ0) is 14.7. The number of hydrogen-bond donors (Lipinski definition) is 1. The third kappa shape index (κ3) is 3.19. The summed E-state index contributed by atoms with van der Waals surface area (Å²) >= 11 is 3.49. The highest BCUT2D eigenvalue weighted by Crippen LogP contribution is 2.24. The first-order valence-electron chi connectivity index (χ1n) is 7.06. The number of para-hydroxylation sites is 1. The van der Waals surface area contributed by atoms with Crippen LogP contribution in [0.5, 0.6) is 5.75 Å². The van der Waals surface area contributed by atoms with E-state index in [1.54, 1.807) is 4.57 Å². The van der Waals surface area contributed by atoms with E-state index in [9.17, 15) is 4.79 Å². The Kier molecular flexibility index (Phi) is 4.41. The number of nitrogens with zero attached hydrogens (tertiary/aromatic N) is 1. The quantitative estimate of drug-likeness (QED) is 0.923. The molecule has 1 aliphatic heterocycles. The van der Waals surface area contributed by atoms with Crippen molar-refractivity contribution in [1.29, 1.82) is 0 Å². The van der Waals surface area contributed by atoms with Crippen molar-refractivity contribution in [1.82, 2.24) is 9.88 Å². The van der Waals surface area contributed by atoms with E-state index in [2.05, 4.69) is 21.2 Å². The number of fused-ring (bicyclic) bond motifs is 1. The molecule has 3 rings (SSSR count). The first-order valence-corrected chi connectivity index (χ1v) is 7.86. The van der Waals surface area contributed by atoms with Gasteiger partial charge in [-0.25, -0.2) is 0 Å². The molecule has 2 heterocycles. The SMILES string of the molecule is O=C(CCOc1ccccc1)n1c(Br)cc2c1CCNC2. The summed E-state index contributed by atoms with van der Waals surface area (Å²) in [5.74, 6) is 0.865. The van der Waals surface area contributed by atoms with Crippen molar-refractivity contribution >= 4 is 21.8 Å². The molecular weight excluding hydrogens is 332 g/mol. The Bertz CT molecular complexity index is 637. The van der Waals surface area contributed by atoms with E-state index >= 15 is 0 Å². The van der Waals surface area contributed by atoms with Gasteiger partial charge in [0, 0.05) is 25.2 Å². The van der Waals surface area contributed by atoms with Crippen LogP contribution in [0, 0.1) is 0 Å². The molecular formula is C16H17BrN2O2. The molecule has 0 amide bonds. The minimum absolute atomic E-state index is 0.0703. The summed E-state index contributed by atoms with van der Waals surface area (Å²) in [4.78, 5) is 12.4. The van der Waals surface area contributed by atoms with Crippen LogP contribution in [0.1, 0.15) is 22.5 Å². The average Bonchev–Trinajstić information content (AvgIpc) is 2.84. The second kappa shape index (κ2) is 6.45. The first kappa shape index (κ1) is 14.4. The summed E-state index contributed by atoms with van der Waals surface area (Å²) in [6.07, 6.45) is 1.24. The van der Waals surface area contributed by atoms with Gasteiger partial charge < -0.3 is 10.1 Å². The van der Waals surface area contributed by atoms with E-state index in [4.69, 9.17) is 4.74 Å². The van der Waals surface area contributed by atoms with E-state index in [1.807, 2.05) is 36.4 Å². The van der Waals surface area contributed by atoms with Crippen molar-refractivity contribution in [2.75, 3.05) is 13.2 Å². The van der Waals surface area contributed by atoms with Crippen molar-refractivity contribution < 1.29 is 9.53 Å². The molecule has 0 saturated carbocycles. The molecule has 2 aromatic rings. The maximum atomic E-state index is 12.4. The van der Waals surface area contributed by atoms with Crippen LogP contribution in [0.2, 0.25) is 0 Å². The fourth-order valence-electron chi connectivity index (χ4n) is 2.57. The standard InChI is InChI=1S/C16H17BrN2O2/c17-15-10-12-11-18-8-6-14(12)19(15)16(20)7-9-21-13-4-2-1-3-5-13/h1-5,10,18H,6-9,11H2. The molecule has 1 aromatic carbocycles. The van der Waals surface area contributed by atoms with Crippen LogP contribution in [0.25, 0.3) is 0 Å². The molecule has 0 atom stereocenters.